The van der Waals surface area contributed by atoms with Crippen LogP contribution in [0.15, 0.2) is 18.2 Å². The van der Waals surface area contributed by atoms with Crippen LogP contribution in [0.1, 0.15) is 44.7 Å². The molecule has 0 saturated heterocycles. The Labute approximate surface area is 127 Å². The van der Waals surface area contributed by atoms with E-state index in [1.807, 2.05) is 20.8 Å². The van der Waals surface area contributed by atoms with E-state index in [9.17, 15) is 18.8 Å². The van der Waals surface area contributed by atoms with E-state index in [2.05, 4.69) is 4.72 Å². The highest BCUT2D eigenvalue weighted by molar-refractivity contribution is 7.90. The number of carboxylic acids is 1. The summed E-state index contributed by atoms with van der Waals surface area (Å²) in [5, 5.41) is 9.22. The third kappa shape index (κ3) is 3.39. The van der Waals surface area contributed by atoms with Crippen LogP contribution in [0.5, 0.6) is 0 Å². The fraction of sp³-hybridized carbons (Fsp3) is 0.533. The summed E-state index contributed by atoms with van der Waals surface area (Å²) in [5.74, 6) is -1.40. The van der Waals surface area contributed by atoms with Crippen molar-refractivity contribution in [1.29, 1.82) is 0 Å². The maximum Gasteiger partial charge on any atom is 0.305 e. The van der Waals surface area contributed by atoms with Crippen LogP contribution in [0.4, 0.5) is 4.39 Å². The number of hydrogen-bond acceptors (Lipinski definition) is 3. The molecule has 6 heteroatoms. The zero-order valence-corrected chi connectivity index (χ0v) is 13.2. The summed E-state index contributed by atoms with van der Waals surface area (Å²) in [4.78, 5) is 11.3. The molecule has 0 amide bonds. The molecule has 0 fully saturated rings. The zero-order valence-electron chi connectivity index (χ0n) is 12.4. The smallest absolute Gasteiger partial charge is 0.305 e. The van der Waals surface area contributed by atoms with Crippen molar-refractivity contribution in [3.8, 4) is 0 Å². The van der Waals surface area contributed by atoms with Crippen molar-refractivity contribution in [2.24, 2.45) is 0 Å². The van der Waals surface area contributed by atoms with E-state index in [1.54, 1.807) is 6.07 Å². The van der Waals surface area contributed by atoms with Crippen LogP contribution in [-0.2, 0) is 28.1 Å². The third-order valence-corrected chi connectivity index (χ3v) is 5.39. The predicted molar refractivity (Wildman–Crippen MR) is 79.7 cm³/mol. The maximum atomic E-state index is 13.6. The number of rotatable bonds is 4. The monoisotopic (exact) mass is 313 g/mol. The first-order valence-corrected chi connectivity index (χ1v) is 7.99. The Bertz CT molecular complexity index is 558. The molecule has 1 aliphatic rings. The van der Waals surface area contributed by atoms with E-state index < -0.39 is 33.4 Å². The van der Waals surface area contributed by atoms with Crippen molar-refractivity contribution in [2.75, 3.05) is 0 Å². The Morgan fingerprint density at radius 2 is 2.19 bits per heavy atom. The largest absolute Gasteiger partial charge is 0.598 e. The molecular weight excluding hydrogens is 293 g/mol. The van der Waals surface area contributed by atoms with Crippen LogP contribution in [0, 0.1) is 5.82 Å². The molecule has 2 N–H and O–H groups in total. The van der Waals surface area contributed by atoms with E-state index in [0.29, 0.717) is 18.4 Å². The molecule has 2 rings (SSSR count). The summed E-state index contributed by atoms with van der Waals surface area (Å²) >= 11 is -1.43. The van der Waals surface area contributed by atoms with Crippen molar-refractivity contribution < 1.29 is 18.8 Å². The van der Waals surface area contributed by atoms with E-state index in [0.717, 1.165) is 5.56 Å². The number of carboxylic acid groups (broad SMARTS) is 1. The van der Waals surface area contributed by atoms with Crippen LogP contribution in [0.3, 0.4) is 0 Å². The van der Waals surface area contributed by atoms with Crippen molar-refractivity contribution in [1.82, 2.24) is 4.72 Å². The number of aliphatic carboxylic acids is 1. The first kappa shape index (κ1) is 16.3. The van der Waals surface area contributed by atoms with Crippen LogP contribution in [-0.4, -0.2) is 20.4 Å². The molecule has 0 radical (unpaired) electrons. The van der Waals surface area contributed by atoms with Crippen LogP contribution >= 0.6 is 0 Å². The highest BCUT2D eigenvalue weighted by Crippen LogP contribution is 2.41. The van der Waals surface area contributed by atoms with Gasteiger partial charge in [0.2, 0.25) is 0 Å². The second-order valence-corrected chi connectivity index (χ2v) is 8.40. The minimum atomic E-state index is -1.43. The fourth-order valence-corrected chi connectivity index (χ4v) is 3.55. The molecule has 2 atom stereocenters. The van der Waals surface area contributed by atoms with Gasteiger partial charge in [-0.2, -0.15) is 0 Å². The fourth-order valence-electron chi connectivity index (χ4n) is 2.61. The van der Waals surface area contributed by atoms with Crippen molar-refractivity contribution in [2.45, 2.75) is 50.3 Å². The third-order valence-electron chi connectivity index (χ3n) is 3.71. The number of aryl methyl sites for hydroxylation is 1. The van der Waals surface area contributed by atoms with E-state index in [1.165, 1.54) is 12.1 Å². The molecule has 21 heavy (non-hydrogen) atoms. The van der Waals surface area contributed by atoms with Crippen molar-refractivity contribution >= 4 is 17.3 Å². The SMILES string of the molecule is CC(C)(C)[S+]([O-])N[C@]1(CC(=O)O)CCc2ccc(F)cc21. The van der Waals surface area contributed by atoms with Gasteiger partial charge in [0.1, 0.15) is 10.6 Å². The topological polar surface area (TPSA) is 72.4 Å². The molecule has 0 heterocycles. The summed E-state index contributed by atoms with van der Waals surface area (Å²) in [6, 6.07) is 4.41. The average molecular weight is 313 g/mol. The Morgan fingerprint density at radius 1 is 1.52 bits per heavy atom. The van der Waals surface area contributed by atoms with Gasteiger partial charge in [0.15, 0.2) is 0 Å². The minimum Gasteiger partial charge on any atom is -0.598 e. The number of halogens is 1. The van der Waals surface area contributed by atoms with Gasteiger partial charge in [0, 0.05) is 11.4 Å². The highest BCUT2D eigenvalue weighted by atomic mass is 32.2. The Morgan fingerprint density at radius 3 is 2.76 bits per heavy atom. The number of carbonyl (C=O) groups is 1. The quantitative estimate of drug-likeness (QED) is 0.838. The lowest BCUT2D eigenvalue weighted by molar-refractivity contribution is -0.138. The number of nitrogens with one attached hydrogen (secondary N) is 1. The molecule has 1 unspecified atom stereocenters. The van der Waals surface area contributed by atoms with Gasteiger partial charge in [-0.15, -0.1) is 4.72 Å². The molecule has 1 aliphatic carbocycles. The molecule has 0 spiro atoms. The van der Waals surface area contributed by atoms with Crippen LogP contribution < -0.4 is 4.72 Å². The molecule has 0 aromatic heterocycles. The van der Waals surface area contributed by atoms with Gasteiger partial charge < -0.3 is 9.66 Å². The molecule has 1 aromatic rings. The zero-order chi connectivity index (χ0) is 15.8. The number of fused-ring (bicyclic) bond motifs is 1. The van der Waals surface area contributed by atoms with Gasteiger partial charge in [0.25, 0.3) is 0 Å². The highest BCUT2D eigenvalue weighted by Gasteiger charge is 2.46. The standard InChI is InChI=1S/C15H20FNO3S/c1-14(2,3)21(20)17-15(9-13(18)19)7-6-10-4-5-11(16)8-12(10)15/h4-5,8,17H,6-7,9H2,1-3H3,(H,18,19)/t15-,21?/m0/s1. The summed E-state index contributed by atoms with van der Waals surface area (Å²) < 4.78 is 28.4. The molecule has 4 nitrogen and oxygen atoms in total. The maximum absolute atomic E-state index is 13.6. The Hall–Kier alpha value is -1.11. The summed E-state index contributed by atoms with van der Waals surface area (Å²) in [6.45, 7) is 5.43. The number of hydrogen-bond donors (Lipinski definition) is 2. The van der Waals surface area contributed by atoms with E-state index >= 15 is 0 Å². The van der Waals surface area contributed by atoms with Crippen molar-refractivity contribution in [3.63, 3.8) is 0 Å². The molecule has 116 valence electrons. The predicted octanol–water partition coefficient (Wildman–Crippen LogP) is 2.49. The van der Waals surface area contributed by atoms with Gasteiger partial charge in [-0.25, -0.2) is 4.39 Å². The van der Waals surface area contributed by atoms with Gasteiger partial charge in [-0.05, 0) is 56.9 Å². The molecular formula is C15H20FNO3S. The van der Waals surface area contributed by atoms with Gasteiger partial charge in [0.05, 0.1) is 12.0 Å². The van der Waals surface area contributed by atoms with E-state index in [-0.39, 0.29) is 6.42 Å². The number of benzene rings is 1. The van der Waals surface area contributed by atoms with Gasteiger partial charge in [-0.1, -0.05) is 6.07 Å². The second-order valence-electron chi connectivity index (χ2n) is 6.44. The second kappa shape index (κ2) is 5.59. The molecule has 0 saturated carbocycles. The van der Waals surface area contributed by atoms with Crippen molar-refractivity contribution in [3.05, 3.63) is 35.1 Å². The lowest BCUT2D eigenvalue weighted by Crippen LogP contribution is -2.51. The average Bonchev–Trinajstić information content (AvgIpc) is 2.66. The molecule has 0 aliphatic heterocycles. The van der Waals surface area contributed by atoms with Gasteiger partial charge >= 0.3 is 5.97 Å². The van der Waals surface area contributed by atoms with Crippen LogP contribution in [0.2, 0.25) is 0 Å². The van der Waals surface area contributed by atoms with E-state index in [4.69, 9.17) is 0 Å². The Kier molecular flexibility index (Phi) is 4.33. The summed E-state index contributed by atoms with van der Waals surface area (Å²) in [5.41, 5.74) is 0.556. The van der Waals surface area contributed by atoms with Gasteiger partial charge in [-0.3, -0.25) is 4.79 Å². The van der Waals surface area contributed by atoms with Crippen LogP contribution in [0.25, 0.3) is 0 Å². The first-order chi connectivity index (χ1) is 9.64. The lowest BCUT2D eigenvalue weighted by Gasteiger charge is -2.34. The lowest BCUT2D eigenvalue weighted by atomic mass is 9.89. The minimum absolute atomic E-state index is 0.217. The molecule has 0 bridgehead atoms. The summed E-state index contributed by atoms with van der Waals surface area (Å²) in [6.07, 6.45) is 0.933. The molecule has 1 aromatic carbocycles. The first-order valence-electron chi connectivity index (χ1n) is 6.84. The summed E-state index contributed by atoms with van der Waals surface area (Å²) in [7, 11) is 0. The Balaban J connectivity index is 2.42. The normalized spacial score (nSPS) is 22.9.